The Morgan fingerprint density at radius 1 is 1.05 bits per heavy atom. The number of ether oxygens (including phenoxy) is 2. The van der Waals surface area contributed by atoms with Crippen molar-refractivity contribution in [1.29, 1.82) is 0 Å². The van der Waals surface area contributed by atoms with Crippen LogP contribution in [0.3, 0.4) is 0 Å². The Kier molecular flexibility index (Phi) is 3.94. The molecule has 0 fully saturated rings. The lowest BCUT2D eigenvalue weighted by Gasteiger charge is -2.12. The minimum absolute atomic E-state index is 0.103. The summed E-state index contributed by atoms with van der Waals surface area (Å²) in [6.07, 6.45) is 0. The van der Waals surface area contributed by atoms with Gasteiger partial charge in [0.1, 0.15) is 22.8 Å². The smallest absolute Gasteiger partial charge is 0.339 e. The number of hydrogen-bond donors (Lipinski definition) is 1. The molecule has 0 unspecified atom stereocenters. The maximum Gasteiger partial charge on any atom is 0.339 e. The van der Waals surface area contributed by atoms with Crippen molar-refractivity contribution in [3.63, 3.8) is 0 Å². The normalized spacial score (nSPS) is 10.2. The summed E-state index contributed by atoms with van der Waals surface area (Å²) in [6, 6.07) is 10.4. The SMILES string of the molecule is COc1ccc(C(=O)O)c(Oc2ccc(C)cc2C)c1. The van der Waals surface area contributed by atoms with E-state index in [0.717, 1.165) is 11.1 Å². The quantitative estimate of drug-likeness (QED) is 0.919. The molecule has 0 saturated carbocycles. The predicted molar refractivity (Wildman–Crippen MR) is 75.9 cm³/mol. The first-order valence-corrected chi connectivity index (χ1v) is 6.17. The fourth-order valence-corrected chi connectivity index (χ4v) is 1.92. The third-order valence-corrected chi connectivity index (χ3v) is 2.97. The van der Waals surface area contributed by atoms with Gasteiger partial charge in [0, 0.05) is 6.07 Å². The van der Waals surface area contributed by atoms with Gasteiger partial charge in [0.25, 0.3) is 0 Å². The van der Waals surface area contributed by atoms with Crippen molar-refractivity contribution >= 4 is 5.97 Å². The van der Waals surface area contributed by atoms with Crippen LogP contribution in [0.1, 0.15) is 21.5 Å². The molecule has 0 aliphatic carbocycles. The summed E-state index contributed by atoms with van der Waals surface area (Å²) >= 11 is 0. The van der Waals surface area contributed by atoms with Crippen LogP contribution in [0.15, 0.2) is 36.4 Å². The Hall–Kier alpha value is -2.49. The average Bonchev–Trinajstić information content (AvgIpc) is 2.41. The summed E-state index contributed by atoms with van der Waals surface area (Å²) in [5.74, 6) is 0.414. The summed E-state index contributed by atoms with van der Waals surface area (Å²) < 4.78 is 10.8. The second-order valence-electron chi connectivity index (χ2n) is 4.54. The lowest BCUT2D eigenvalue weighted by molar-refractivity contribution is 0.0694. The highest BCUT2D eigenvalue weighted by molar-refractivity contribution is 5.91. The van der Waals surface area contributed by atoms with Crippen LogP contribution in [-0.2, 0) is 0 Å². The third-order valence-electron chi connectivity index (χ3n) is 2.97. The number of rotatable bonds is 4. The Bertz CT molecular complexity index is 647. The predicted octanol–water partition coefficient (Wildman–Crippen LogP) is 3.80. The molecule has 0 aliphatic rings. The first-order valence-electron chi connectivity index (χ1n) is 6.17. The molecule has 2 rings (SSSR count). The second kappa shape index (κ2) is 5.65. The van der Waals surface area contributed by atoms with Gasteiger partial charge in [-0.25, -0.2) is 4.79 Å². The van der Waals surface area contributed by atoms with Crippen molar-refractivity contribution in [2.24, 2.45) is 0 Å². The minimum atomic E-state index is -1.03. The van der Waals surface area contributed by atoms with Crippen LogP contribution in [-0.4, -0.2) is 18.2 Å². The van der Waals surface area contributed by atoms with E-state index in [2.05, 4.69) is 0 Å². The molecular weight excluding hydrogens is 256 g/mol. The summed E-state index contributed by atoms with van der Waals surface area (Å²) in [6.45, 7) is 3.91. The van der Waals surface area contributed by atoms with Crippen LogP contribution < -0.4 is 9.47 Å². The molecule has 0 aliphatic heterocycles. The summed E-state index contributed by atoms with van der Waals surface area (Å²) in [4.78, 5) is 11.2. The standard InChI is InChI=1S/C16H16O4/c1-10-4-7-14(11(2)8-10)20-15-9-12(19-3)5-6-13(15)16(17)18/h4-9H,1-3H3,(H,17,18). The first-order chi connectivity index (χ1) is 9.51. The zero-order valence-corrected chi connectivity index (χ0v) is 11.6. The van der Waals surface area contributed by atoms with Crippen molar-refractivity contribution in [2.45, 2.75) is 13.8 Å². The lowest BCUT2D eigenvalue weighted by Crippen LogP contribution is -2.01. The fraction of sp³-hybridized carbons (Fsp3) is 0.188. The van der Waals surface area contributed by atoms with E-state index in [-0.39, 0.29) is 11.3 Å². The van der Waals surface area contributed by atoms with E-state index in [1.165, 1.54) is 13.2 Å². The zero-order chi connectivity index (χ0) is 14.7. The highest BCUT2D eigenvalue weighted by Gasteiger charge is 2.14. The molecule has 104 valence electrons. The number of carboxylic acid groups (broad SMARTS) is 1. The molecule has 0 bridgehead atoms. The number of carboxylic acids is 1. The van der Waals surface area contributed by atoms with E-state index in [1.54, 1.807) is 12.1 Å². The molecule has 0 heterocycles. The van der Waals surface area contributed by atoms with Crippen LogP contribution in [0.2, 0.25) is 0 Å². The molecule has 1 N–H and O–H groups in total. The molecule has 0 aromatic heterocycles. The minimum Gasteiger partial charge on any atom is -0.497 e. The first kappa shape index (κ1) is 13.9. The van der Waals surface area contributed by atoms with Gasteiger partial charge in [-0.05, 0) is 37.6 Å². The van der Waals surface area contributed by atoms with Gasteiger partial charge >= 0.3 is 5.97 Å². The topological polar surface area (TPSA) is 55.8 Å². The van der Waals surface area contributed by atoms with Crippen molar-refractivity contribution in [2.75, 3.05) is 7.11 Å². The van der Waals surface area contributed by atoms with Crippen molar-refractivity contribution in [1.82, 2.24) is 0 Å². The summed E-state index contributed by atoms with van der Waals surface area (Å²) in [5.41, 5.74) is 2.17. The highest BCUT2D eigenvalue weighted by atomic mass is 16.5. The van der Waals surface area contributed by atoms with Gasteiger partial charge in [-0.3, -0.25) is 0 Å². The van der Waals surface area contributed by atoms with Gasteiger partial charge in [-0.2, -0.15) is 0 Å². The van der Waals surface area contributed by atoms with E-state index < -0.39 is 5.97 Å². The van der Waals surface area contributed by atoms with Gasteiger partial charge in [-0.1, -0.05) is 17.7 Å². The molecule has 0 amide bonds. The third kappa shape index (κ3) is 2.91. The molecule has 0 saturated heterocycles. The molecule has 2 aromatic rings. The maximum absolute atomic E-state index is 11.2. The Labute approximate surface area is 117 Å². The monoisotopic (exact) mass is 272 g/mol. The van der Waals surface area contributed by atoms with Crippen molar-refractivity contribution in [3.8, 4) is 17.2 Å². The van der Waals surface area contributed by atoms with E-state index in [0.29, 0.717) is 11.5 Å². The summed E-state index contributed by atoms with van der Waals surface area (Å²) in [7, 11) is 1.52. The fourth-order valence-electron chi connectivity index (χ4n) is 1.92. The molecule has 20 heavy (non-hydrogen) atoms. The Balaban J connectivity index is 2.43. The lowest BCUT2D eigenvalue weighted by atomic mass is 10.1. The van der Waals surface area contributed by atoms with Crippen LogP contribution in [0.4, 0.5) is 0 Å². The van der Waals surface area contributed by atoms with Gasteiger partial charge in [0.15, 0.2) is 0 Å². The van der Waals surface area contributed by atoms with Crippen LogP contribution in [0.5, 0.6) is 17.2 Å². The molecule has 0 radical (unpaired) electrons. The number of benzene rings is 2. The zero-order valence-electron chi connectivity index (χ0n) is 11.6. The second-order valence-corrected chi connectivity index (χ2v) is 4.54. The van der Waals surface area contributed by atoms with E-state index in [1.807, 2.05) is 32.0 Å². The van der Waals surface area contributed by atoms with Gasteiger partial charge < -0.3 is 14.6 Å². The number of hydrogen-bond acceptors (Lipinski definition) is 3. The van der Waals surface area contributed by atoms with Crippen LogP contribution in [0.25, 0.3) is 0 Å². The highest BCUT2D eigenvalue weighted by Crippen LogP contribution is 2.31. The largest absolute Gasteiger partial charge is 0.497 e. The molecule has 0 atom stereocenters. The van der Waals surface area contributed by atoms with Crippen LogP contribution in [0, 0.1) is 13.8 Å². The number of carbonyl (C=O) groups is 1. The number of aromatic carboxylic acids is 1. The van der Waals surface area contributed by atoms with E-state index in [4.69, 9.17) is 9.47 Å². The molecule has 4 nitrogen and oxygen atoms in total. The molecule has 2 aromatic carbocycles. The maximum atomic E-state index is 11.2. The molecule has 4 heteroatoms. The van der Waals surface area contributed by atoms with E-state index in [9.17, 15) is 9.90 Å². The molecular formula is C16H16O4. The number of methoxy groups -OCH3 is 1. The van der Waals surface area contributed by atoms with Gasteiger partial charge in [0.05, 0.1) is 7.11 Å². The average molecular weight is 272 g/mol. The Morgan fingerprint density at radius 2 is 1.80 bits per heavy atom. The van der Waals surface area contributed by atoms with Crippen molar-refractivity contribution in [3.05, 3.63) is 53.1 Å². The molecule has 0 spiro atoms. The Morgan fingerprint density at radius 3 is 2.40 bits per heavy atom. The van der Waals surface area contributed by atoms with Gasteiger partial charge in [0.2, 0.25) is 0 Å². The van der Waals surface area contributed by atoms with Gasteiger partial charge in [-0.15, -0.1) is 0 Å². The number of aryl methyl sites for hydroxylation is 2. The van der Waals surface area contributed by atoms with Crippen LogP contribution >= 0.6 is 0 Å². The summed E-state index contributed by atoms with van der Waals surface area (Å²) in [5, 5.41) is 9.20. The van der Waals surface area contributed by atoms with E-state index >= 15 is 0 Å². The van der Waals surface area contributed by atoms with Crippen molar-refractivity contribution < 1.29 is 19.4 Å².